The summed E-state index contributed by atoms with van der Waals surface area (Å²) in [6.45, 7) is 2.67. The summed E-state index contributed by atoms with van der Waals surface area (Å²) in [4.78, 5) is 16.0. The third kappa shape index (κ3) is 2.03. The van der Waals surface area contributed by atoms with E-state index in [0.29, 0.717) is 32.0 Å². The number of anilines is 2. The molecule has 1 fully saturated rings. The third-order valence-electron chi connectivity index (χ3n) is 2.46. The molecule has 0 unspecified atom stereocenters. The van der Waals surface area contributed by atoms with Gasteiger partial charge in [0.25, 0.3) is 0 Å². The van der Waals surface area contributed by atoms with Gasteiger partial charge in [-0.05, 0) is 0 Å². The van der Waals surface area contributed by atoms with E-state index in [4.69, 9.17) is 10.5 Å². The summed E-state index contributed by atoms with van der Waals surface area (Å²) < 4.78 is 5.20. The van der Waals surface area contributed by atoms with Crippen LogP contribution in [0.1, 0.15) is 0 Å². The molecule has 2 N–H and O–H groups in total. The topological polar surface area (TPSA) is 94.5 Å². The van der Waals surface area contributed by atoms with Gasteiger partial charge >= 0.3 is 5.69 Å². The molecule has 0 amide bonds. The van der Waals surface area contributed by atoms with E-state index in [-0.39, 0.29) is 11.5 Å². The maximum absolute atomic E-state index is 10.7. The van der Waals surface area contributed by atoms with E-state index in [2.05, 4.69) is 4.98 Å². The molecule has 1 aromatic rings. The van der Waals surface area contributed by atoms with Crippen molar-refractivity contribution < 1.29 is 9.66 Å². The fraction of sp³-hybridized carbons (Fsp3) is 0.444. The zero-order valence-corrected chi connectivity index (χ0v) is 8.63. The minimum absolute atomic E-state index is 0.0537. The van der Waals surface area contributed by atoms with E-state index in [1.807, 2.05) is 4.90 Å². The number of aromatic nitrogens is 1. The van der Waals surface area contributed by atoms with E-state index in [0.717, 1.165) is 0 Å². The van der Waals surface area contributed by atoms with Crippen molar-refractivity contribution in [2.24, 2.45) is 0 Å². The molecule has 0 spiro atoms. The number of hydrogen-bond donors (Lipinski definition) is 1. The highest BCUT2D eigenvalue weighted by atomic mass is 16.6. The summed E-state index contributed by atoms with van der Waals surface area (Å²) >= 11 is 0. The number of nitro groups is 1. The van der Waals surface area contributed by atoms with Crippen LogP contribution in [-0.4, -0.2) is 36.2 Å². The van der Waals surface area contributed by atoms with Gasteiger partial charge in [-0.2, -0.15) is 0 Å². The van der Waals surface area contributed by atoms with Crippen LogP contribution in [0, 0.1) is 10.1 Å². The molecule has 2 rings (SSSR count). The average Bonchev–Trinajstić information content (AvgIpc) is 2.30. The average molecular weight is 224 g/mol. The van der Waals surface area contributed by atoms with Crippen LogP contribution in [0.15, 0.2) is 12.3 Å². The number of nitrogens with zero attached hydrogens (tertiary/aromatic N) is 3. The SMILES string of the molecule is Nc1ncc(N2CCOCC2)cc1[N+](=O)[O-]. The Hall–Kier alpha value is -1.89. The molecule has 0 aliphatic carbocycles. The molecular formula is C9H12N4O3. The van der Waals surface area contributed by atoms with Crippen molar-refractivity contribution in [1.82, 2.24) is 4.98 Å². The Morgan fingerprint density at radius 3 is 2.81 bits per heavy atom. The summed E-state index contributed by atoms with van der Waals surface area (Å²) in [6.07, 6.45) is 1.55. The molecule has 0 atom stereocenters. The summed E-state index contributed by atoms with van der Waals surface area (Å²) in [5, 5.41) is 10.7. The highest BCUT2D eigenvalue weighted by Crippen LogP contribution is 2.25. The molecular weight excluding hydrogens is 212 g/mol. The Kier molecular flexibility index (Phi) is 2.86. The first-order valence-electron chi connectivity index (χ1n) is 4.91. The summed E-state index contributed by atoms with van der Waals surface area (Å²) in [5.41, 5.74) is 5.99. The van der Waals surface area contributed by atoms with E-state index >= 15 is 0 Å². The molecule has 0 saturated carbocycles. The summed E-state index contributed by atoms with van der Waals surface area (Å²) in [5.74, 6) is -0.0537. The molecule has 0 radical (unpaired) electrons. The normalized spacial score (nSPS) is 16.1. The Bertz CT molecular complexity index is 404. The van der Waals surface area contributed by atoms with Crippen LogP contribution in [0.3, 0.4) is 0 Å². The van der Waals surface area contributed by atoms with Crippen molar-refractivity contribution >= 4 is 17.2 Å². The molecule has 16 heavy (non-hydrogen) atoms. The van der Waals surface area contributed by atoms with Gasteiger partial charge in [0.05, 0.1) is 30.0 Å². The molecule has 0 bridgehead atoms. The highest BCUT2D eigenvalue weighted by Gasteiger charge is 2.18. The first kappa shape index (κ1) is 10.6. The Morgan fingerprint density at radius 2 is 2.19 bits per heavy atom. The van der Waals surface area contributed by atoms with Crippen molar-refractivity contribution in [3.05, 3.63) is 22.4 Å². The molecule has 1 aliphatic rings. The Morgan fingerprint density at radius 1 is 1.50 bits per heavy atom. The lowest BCUT2D eigenvalue weighted by atomic mass is 10.3. The molecule has 1 aliphatic heterocycles. The fourth-order valence-corrected chi connectivity index (χ4v) is 1.59. The van der Waals surface area contributed by atoms with E-state index in [1.165, 1.54) is 6.07 Å². The molecule has 7 nitrogen and oxygen atoms in total. The maximum Gasteiger partial charge on any atom is 0.313 e. The number of nitrogen functional groups attached to an aromatic ring is 1. The lowest BCUT2D eigenvalue weighted by molar-refractivity contribution is -0.384. The molecule has 2 heterocycles. The van der Waals surface area contributed by atoms with Crippen LogP contribution in [-0.2, 0) is 4.74 Å². The number of nitrogens with two attached hydrogens (primary N) is 1. The second-order valence-corrected chi connectivity index (χ2v) is 3.45. The smallest absolute Gasteiger partial charge is 0.313 e. The van der Waals surface area contributed by atoms with Gasteiger partial charge in [-0.15, -0.1) is 0 Å². The van der Waals surface area contributed by atoms with Crippen LogP contribution in [0.4, 0.5) is 17.2 Å². The largest absolute Gasteiger partial charge is 0.378 e. The standard InChI is InChI=1S/C9H12N4O3/c10-9-8(13(14)15)5-7(6-11-9)12-1-3-16-4-2-12/h5-6H,1-4H2,(H2,10,11). The minimum Gasteiger partial charge on any atom is -0.378 e. The number of rotatable bonds is 2. The molecule has 7 heteroatoms. The lowest BCUT2D eigenvalue weighted by Crippen LogP contribution is -2.36. The number of hydrogen-bond acceptors (Lipinski definition) is 6. The van der Waals surface area contributed by atoms with Crippen molar-refractivity contribution in [3.8, 4) is 0 Å². The second kappa shape index (κ2) is 4.31. The van der Waals surface area contributed by atoms with Crippen molar-refractivity contribution in [3.63, 3.8) is 0 Å². The number of morpholine rings is 1. The van der Waals surface area contributed by atoms with Gasteiger partial charge in [0.1, 0.15) is 0 Å². The van der Waals surface area contributed by atoms with Crippen molar-refractivity contribution in [2.45, 2.75) is 0 Å². The van der Waals surface area contributed by atoms with Crippen LogP contribution in [0.5, 0.6) is 0 Å². The van der Waals surface area contributed by atoms with Gasteiger partial charge in [0.2, 0.25) is 5.82 Å². The zero-order valence-electron chi connectivity index (χ0n) is 8.63. The van der Waals surface area contributed by atoms with Gasteiger partial charge in [-0.1, -0.05) is 0 Å². The minimum atomic E-state index is -0.522. The highest BCUT2D eigenvalue weighted by molar-refractivity contribution is 5.61. The molecule has 1 saturated heterocycles. The van der Waals surface area contributed by atoms with Gasteiger partial charge in [0.15, 0.2) is 0 Å². The third-order valence-corrected chi connectivity index (χ3v) is 2.46. The Labute approximate surface area is 92.0 Å². The van der Waals surface area contributed by atoms with Crippen LogP contribution in [0.25, 0.3) is 0 Å². The number of ether oxygens (including phenoxy) is 1. The first-order valence-corrected chi connectivity index (χ1v) is 4.91. The maximum atomic E-state index is 10.7. The zero-order chi connectivity index (χ0) is 11.5. The summed E-state index contributed by atoms with van der Waals surface area (Å²) in [7, 11) is 0. The van der Waals surface area contributed by atoms with Gasteiger partial charge in [-0.25, -0.2) is 4.98 Å². The van der Waals surface area contributed by atoms with Crippen LogP contribution >= 0.6 is 0 Å². The van der Waals surface area contributed by atoms with Crippen molar-refractivity contribution in [2.75, 3.05) is 36.9 Å². The molecule has 86 valence electrons. The van der Waals surface area contributed by atoms with Gasteiger partial charge in [-0.3, -0.25) is 10.1 Å². The quantitative estimate of drug-likeness (QED) is 0.577. The number of pyridine rings is 1. The van der Waals surface area contributed by atoms with E-state index in [1.54, 1.807) is 6.20 Å². The first-order chi connectivity index (χ1) is 7.68. The Balaban J connectivity index is 2.27. The monoisotopic (exact) mass is 224 g/mol. The van der Waals surface area contributed by atoms with Crippen LogP contribution in [0.2, 0.25) is 0 Å². The molecule has 1 aromatic heterocycles. The van der Waals surface area contributed by atoms with Crippen molar-refractivity contribution in [1.29, 1.82) is 0 Å². The summed E-state index contributed by atoms with van der Waals surface area (Å²) in [6, 6.07) is 1.45. The van der Waals surface area contributed by atoms with E-state index < -0.39 is 4.92 Å². The predicted octanol–water partition coefficient (Wildman–Crippen LogP) is 0.409. The van der Waals surface area contributed by atoms with Gasteiger partial charge < -0.3 is 15.4 Å². The lowest BCUT2D eigenvalue weighted by Gasteiger charge is -2.28. The van der Waals surface area contributed by atoms with E-state index in [9.17, 15) is 10.1 Å². The van der Waals surface area contributed by atoms with Gasteiger partial charge in [0, 0.05) is 19.2 Å². The molecule has 0 aromatic carbocycles. The fourth-order valence-electron chi connectivity index (χ4n) is 1.59. The predicted molar refractivity (Wildman–Crippen MR) is 58.3 cm³/mol. The second-order valence-electron chi connectivity index (χ2n) is 3.45. The van der Waals surface area contributed by atoms with Crippen LogP contribution < -0.4 is 10.6 Å².